The van der Waals surface area contributed by atoms with Crippen LogP contribution < -0.4 is 16.0 Å². The number of amides is 1. The van der Waals surface area contributed by atoms with Gasteiger partial charge in [-0.3, -0.25) is 4.79 Å². The molecule has 0 aliphatic carbocycles. The summed E-state index contributed by atoms with van der Waals surface area (Å²) in [5.74, 6) is -0.567. The molecule has 0 saturated carbocycles. The summed E-state index contributed by atoms with van der Waals surface area (Å²) < 4.78 is 4.71. The molecule has 1 aromatic rings. The van der Waals surface area contributed by atoms with E-state index in [2.05, 4.69) is 5.32 Å². The average molecular weight is 279 g/mol. The summed E-state index contributed by atoms with van der Waals surface area (Å²) in [5, 5.41) is 2.72. The molecule has 20 heavy (non-hydrogen) atoms. The number of aryl methyl sites for hydroxylation is 1. The molecule has 0 fully saturated rings. The molecular weight excluding hydrogens is 258 g/mol. The molecule has 0 aliphatic rings. The highest BCUT2D eigenvalue weighted by Crippen LogP contribution is 2.25. The second kappa shape index (κ2) is 6.79. The van der Waals surface area contributed by atoms with E-state index in [1.807, 2.05) is 19.9 Å². The third kappa shape index (κ3) is 3.63. The zero-order valence-electron chi connectivity index (χ0n) is 12.3. The third-order valence-electron chi connectivity index (χ3n) is 2.97. The van der Waals surface area contributed by atoms with Gasteiger partial charge < -0.3 is 20.7 Å². The number of likely N-dealkylation sites (N-methyl/N-ethyl adjacent to an activating group) is 2. The molecule has 6 heteroatoms. The zero-order chi connectivity index (χ0) is 15.3. The van der Waals surface area contributed by atoms with Crippen molar-refractivity contribution in [3.63, 3.8) is 0 Å². The van der Waals surface area contributed by atoms with Crippen molar-refractivity contribution >= 4 is 23.3 Å². The van der Waals surface area contributed by atoms with Crippen LogP contribution in [0.5, 0.6) is 0 Å². The van der Waals surface area contributed by atoms with E-state index in [1.54, 1.807) is 18.0 Å². The minimum atomic E-state index is -0.487. The Morgan fingerprint density at radius 1 is 1.40 bits per heavy atom. The molecule has 6 nitrogen and oxygen atoms in total. The molecule has 1 amide bonds. The summed E-state index contributed by atoms with van der Waals surface area (Å²) in [6, 6.07) is 3.47. The second-order valence-corrected chi connectivity index (χ2v) is 4.53. The van der Waals surface area contributed by atoms with E-state index >= 15 is 0 Å². The highest BCUT2D eigenvalue weighted by Gasteiger charge is 2.16. The van der Waals surface area contributed by atoms with Gasteiger partial charge in [-0.05, 0) is 31.5 Å². The van der Waals surface area contributed by atoms with Crippen LogP contribution in [0.3, 0.4) is 0 Å². The highest BCUT2D eigenvalue weighted by atomic mass is 16.5. The first-order valence-corrected chi connectivity index (χ1v) is 6.37. The number of benzene rings is 1. The Balaban J connectivity index is 3.04. The summed E-state index contributed by atoms with van der Waals surface area (Å²) >= 11 is 0. The van der Waals surface area contributed by atoms with E-state index < -0.39 is 5.97 Å². The molecule has 0 saturated heterocycles. The van der Waals surface area contributed by atoms with Crippen LogP contribution in [0.15, 0.2) is 12.1 Å². The van der Waals surface area contributed by atoms with Crippen molar-refractivity contribution < 1.29 is 14.3 Å². The number of hydrogen-bond acceptors (Lipinski definition) is 5. The Morgan fingerprint density at radius 3 is 2.60 bits per heavy atom. The fourth-order valence-corrected chi connectivity index (χ4v) is 1.84. The predicted octanol–water partition coefficient (Wildman–Crippen LogP) is 0.936. The number of rotatable bonds is 5. The second-order valence-electron chi connectivity index (χ2n) is 4.53. The molecule has 0 bridgehead atoms. The van der Waals surface area contributed by atoms with Crippen molar-refractivity contribution in [3.8, 4) is 0 Å². The first-order chi connectivity index (χ1) is 9.40. The number of anilines is 2. The fourth-order valence-electron chi connectivity index (χ4n) is 1.84. The first kappa shape index (κ1) is 15.8. The van der Waals surface area contributed by atoms with Crippen molar-refractivity contribution in [1.29, 1.82) is 0 Å². The van der Waals surface area contributed by atoms with Crippen LogP contribution in [0.25, 0.3) is 0 Å². The molecule has 0 aromatic heterocycles. The maximum Gasteiger partial charge on any atom is 0.340 e. The number of esters is 1. The van der Waals surface area contributed by atoms with Crippen LogP contribution in [-0.2, 0) is 9.53 Å². The van der Waals surface area contributed by atoms with Crippen LogP contribution in [0, 0.1) is 6.92 Å². The molecule has 0 atom stereocenters. The summed E-state index contributed by atoms with van der Waals surface area (Å²) in [6.07, 6.45) is 0. The number of methoxy groups -OCH3 is 1. The number of nitrogens with two attached hydrogens (primary N) is 1. The monoisotopic (exact) mass is 279 g/mol. The van der Waals surface area contributed by atoms with Gasteiger partial charge in [-0.2, -0.15) is 0 Å². The third-order valence-corrected chi connectivity index (χ3v) is 2.97. The minimum Gasteiger partial charge on any atom is -0.465 e. The summed E-state index contributed by atoms with van der Waals surface area (Å²) in [4.78, 5) is 25.0. The van der Waals surface area contributed by atoms with Crippen molar-refractivity contribution in [1.82, 2.24) is 5.32 Å². The van der Waals surface area contributed by atoms with Gasteiger partial charge in [0.05, 0.1) is 19.2 Å². The molecule has 110 valence electrons. The van der Waals surface area contributed by atoms with Crippen molar-refractivity contribution in [3.05, 3.63) is 23.3 Å². The van der Waals surface area contributed by atoms with E-state index in [0.29, 0.717) is 17.8 Å². The van der Waals surface area contributed by atoms with Gasteiger partial charge in [0.2, 0.25) is 5.91 Å². The lowest BCUT2D eigenvalue weighted by Crippen LogP contribution is -2.35. The number of hydrogen-bond donors (Lipinski definition) is 2. The van der Waals surface area contributed by atoms with Gasteiger partial charge in [-0.1, -0.05) is 0 Å². The highest BCUT2D eigenvalue weighted by molar-refractivity contribution is 5.97. The number of nitrogens with one attached hydrogen (secondary N) is 1. The SMILES string of the molecule is CCNC(=O)CN(C)c1cc(C)c(N)c(C(=O)OC)c1. The number of ether oxygens (including phenoxy) is 1. The molecule has 0 unspecified atom stereocenters. The van der Waals surface area contributed by atoms with Gasteiger partial charge in [0.1, 0.15) is 0 Å². The van der Waals surface area contributed by atoms with E-state index in [-0.39, 0.29) is 12.5 Å². The lowest BCUT2D eigenvalue weighted by Gasteiger charge is -2.21. The Hall–Kier alpha value is -2.24. The van der Waals surface area contributed by atoms with Gasteiger partial charge in [-0.25, -0.2) is 4.79 Å². The number of carbonyl (C=O) groups excluding carboxylic acids is 2. The number of nitrogens with zero attached hydrogens (tertiary/aromatic N) is 1. The zero-order valence-corrected chi connectivity index (χ0v) is 12.3. The minimum absolute atomic E-state index is 0.0795. The van der Waals surface area contributed by atoms with Gasteiger partial charge in [0.25, 0.3) is 0 Å². The number of carbonyl (C=O) groups is 2. The Bertz CT molecular complexity index is 515. The maximum absolute atomic E-state index is 11.7. The van der Waals surface area contributed by atoms with Crippen LogP contribution in [0.1, 0.15) is 22.8 Å². The topological polar surface area (TPSA) is 84.7 Å². The molecule has 0 heterocycles. The fraction of sp³-hybridized carbons (Fsp3) is 0.429. The van der Waals surface area contributed by atoms with E-state index in [0.717, 1.165) is 11.3 Å². The predicted molar refractivity (Wildman–Crippen MR) is 78.9 cm³/mol. The molecule has 0 aliphatic heterocycles. The molecular formula is C14H21N3O3. The van der Waals surface area contributed by atoms with Gasteiger partial charge >= 0.3 is 5.97 Å². The van der Waals surface area contributed by atoms with Crippen molar-refractivity contribution in [2.45, 2.75) is 13.8 Å². The van der Waals surface area contributed by atoms with Crippen molar-refractivity contribution in [2.24, 2.45) is 0 Å². The summed E-state index contributed by atoms with van der Waals surface area (Å²) in [5.41, 5.74) is 8.09. The standard InChI is InChI=1S/C14H21N3O3/c1-5-16-12(18)8-17(3)10-6-9(2)13(15)11(7-10)14(19)20-4/h6-7H,5,8,15H2,1-4H3,(H,16,18). The van der Waals surface area contributed by atoms with Gasteiger partial charge in [-0.15, -0.1) is 0 Å². The molecule has 3 N–H and O–H groups in total. The quantitative estimate of drug-likeness (QED) is 0.619. The van der Waals surface area contributed by atoms with Crippen LogP contribution in [0.2, 0.25) is 0 Å². The van der Waals surface area contributed by atoms with Crippen LogP contribution in [-0.4, -0.2) is 39.1 Å². The molecule has 0 radical (unpaired) electrons. The molecule has 0 spiro atoms. The Labute approximate surface area is 118 Å². The van der Waals surface area contributed by atoms with Crippen LogP contribution in [0.4, 0.5) is 11.4 Å². The first-order valence-electron chi connectivity index (χ1n) is 6.37. The van der Waals surface area contributed by atoms with E-state index in [1.165, 1.54) is 7.11 Å². The van der Waals surface area contributed by atoms with E-state index in [4.69, 9.17) is 10.5 Å². The van der Waals surface area contributed by atoms with Gasteiger partial charge in [0, 0.05) is 25.0 Å². The summed E-state index contributed by atoms with van der Waals surface area (Å²) in [7, 11) is 3.09. The molecule has 1 rings (SSSR count). The largest absolute Gasteiger partial charge is 0.465 e. The Kier molecular flexibility index (Phi) is 5.37. The lowest BCUT2D eigenvalue weighted by molar-refractivity contribution is -0.119. The number of nitrogen functional groups attached to an aromatic ring is 1. The maximum atomic E-state index is 11.7. The smallest absolute Gasteiger partial charge is 0.340 e. The Morgan fingerprint density at radius 2 is 2.05 bits per heavy atom. The molecule has 1 aromatic carbocycles. The van der Waals surface area contributed by atoms with Crippen molar-refractivity contribution in [2.75, 3.05) is 37.9 Å². The van der Waals surface area contributed by atoms with Crippen LogP contribution >= 0.6 is 0 Å². The average Bonchev–Trinajstić information content (AvgIpc) is 2.40. The summed E-state index contributed by atoms with van der Waals surface area (Å²) in [6.45, 7) is 4.46. The van der Waals surface area contributed by atoms with Gasteiger partial charge in [0.15, 0.2) is 0 Å². The lowest BCUT2D eigenvalue weighted by atomic mass is 10.1. The normalized spacial score (nSPS) is 10.0. The van der Waals surface area contributed by atoms with E-state index in [9.17, 15) is 9.59 Å².